The zero-order chi connectivity index (χ0) is 14.8. The third kappa shape index (κ3) is 2.86. The van der Waals surface area contributed by atoms with Crippen LogP contribution >= 0.6 is 0 Å². The summed E-state index contributed by atoms with van der Waals surface area (Å²) in [5.41, 5.74) is 5.65. The lowest BCUT2D eigenvalue weighted by Gasteiger charge is -2.42. The molecule has 1 amide bonds. The lowest BCUT2D eigenvalue weighted by atomic mass is 9.70. The molecule has 0 bridgehead atoms. The van der Waals surface area contributed by atoms with Crippen molar-refractivity contribution in [3.05, 3.63) is 35.4 Å². The van der Waals surface area contributed by atoms with Gasteiger partial charge in [0, 0.05) is 18.0 Å². The van der Waals surface area contributed by atoms with Gasteiger partial charge in [-0.15, -0.1) is 0 Å². The molecular weight excluding hydrogens is 252 g/mol. The normalized spacial score (nSPS) is 26.7. The molecule has 0 unspecified atom stereocenters. The van der Waals surface area contributed by atoms with E-state index in [1.165, 1.54) is 0 Å². The van der Waals surface area contributed by atoms with Crippen LogP contribution in [0.5, 0.6) is 0 Å². The lowest BCUT2D eigenvalue weighted by molar-refractivity contribution is -0.0622. The van der Waals surface area contributed by atoms with E-state index in [4.69, 9.17) is 5.73 Å². The molecule has 0 spiro atoms. The number of carbonyl (C=O) groups is 1. The van der Waals surface area contributed by atoms with Gasteiger partial charge in [-0.25, -0.2) is 0 Å². The Kier molecular flexibility index (Phi) is 4.45. The van der Waals surface area contributed by atoms with Crippen molar-refractivity contribution in [2.24, 2.45) is 11.7 Å². The predicted octanol–water partition coefficient (Wildman–Crippen LogP) is 1.72. The van der Waals surface area contributed by atoms with Crippen LogP contribution in [0.25, 0.3) is 0 Å². The fourth-order valence-electron chi connectivity index (χ4n) is 3.34. The van der Waals surface area contributed by atoms with Gasteiger partial charge in [0.05, 0.1) is 5.60 Å². The number of carbonyl (C=O) groups excluding carboxylic acids is 1. The van der Waals surface area contributed by atoms with Crippen molar-refractivity contribution in [2.75, 3.05) is 20.6 Å². The number of nitrogens with zero attached hydrogens (tertiary/aromatic N) is 1. The van der Waals surface area contributed by atoms with Crippen LogP contribution in [0.3, 0.4) is 0 Å². The first-order chi connectivity index (χ1) is 9.45. The predicted molar refractivity (Wildman–Crippen MR) is 79.4 cm³/mol. The number of hydrogen-bond donors (Lipinski definition) is 2. The molecule has 0 radical (unpaired) electrons. The third-order valence-electron chi connectivity index (χ3n) is 4.28. The second-order valence-electron chi connectivity index (χ2n) is 6.04. The molecule has 2 rings (SSSR count). The van der Waals surface area contributed by atoms with Crippen LogP contribution in [0, 0.1) is 5.92 Å². The van der Waals surface area contributed by atoms with Gasteiger partial charge in [-0.3, -0.25) is 4.79 Å². The molecule has 4 heteroatoms. The lowest BCUT2D eigenvalue weighted by Crippen LogP contribution is -2.44. The molecule has 2 atom stereocenters. The van der Waals surface area contributed by atoms with Crippen molar-refractivity contribution in [1.82, 2.24) is 4.90 Å². The standard InChI is InChI=1S/C16H24N2O2/c1-18(2)11-12-7-5-6-10-16(12,20)14-9-4-3-8-13(14)15(17)19/h3-4,8-9,12,20H,5-7,10-11H2,1-2H3,(H2,17,19)/t12-,16-/m0/s1. The summed E-state index contributed by atoms with van der Waals surface area (Å²) in [5, 5.41) is 11.2. The van der Waals surface area contributed by atoms with Gasteiger partial charge in [-0.1, -0.05) is 31.0 Å². The van der Waals surface area contributed by atoms with Crippen LogP contribution < -0.4 is 5.73 Å². The van der Waals surface area contributed by atoms with Crippen LogP contribution in [0.1, 0.15) is 41.6 Å². The summed E-state index contributed by atoms with van der Waals surface area (Å²) in [6, 6.07) is 7.20. The summed E-state index contributed by atoms with van der Waals surface area (Å²) < 4.78 is 0. The zero-order valence-electron chi connectivity index (χ0n) is 12.3. The average molecular weight is 276 g/mol. The first-order valence-corrected chi connectivity index (χ1v) is 7.21. The van der Waals surface area contributed by atoms with Crippen LogP contribution in [0.2, 0.25) is 0 Å². The summed E-state index contributed by atoms with van der Waals surface area (Å²) in [5.74, 6) is -0.338. The van der Waals surface area contributed by atoms with Crippen molar-refractivity contribution < 1.29 is 9.90 Å². The van der Waals surface area contributed by atoms with Crippen molar-refractivity contribution in [2.45, 2.75) is 31.3 Å². The van der Waals surface area contributed by atoms with Crippen LogP contribution in [-0.2, 0) is 5.60 Å². The van der Waals surface area contributed by atoms with E-state index < -0.39 is 11.5 Å². The fourth-order valence-corrected chi connectivity index (χ4v) is 3.34. The monoisotopic (exact) mass is 276 g/mol. The topological polar surface area (TPSA) is 66.6 Å². The van der Waals surface area contributed by atoms with E-state index in [2.05, 4.69) is 4.90 Å². The summed E-state index contributed by atoms with van der Waals surface area (Å²) in [6.07, 6.45) is 3.77. The molecule has 1 saturated carbocycles. The van der Waals surface area contributed by atoms with Gasteiger partial charge < -0.3 is 15.7 Å². The molecule has 4 nitrogen and oxygen atoms in total. The average Bonchev–Trinajstić information content (AvgIpc) is 2.41. The Labute approximate surface area is 120 Å². The molecule has 1 aliphatic rings. The first-order valence-electron chi connectivity index (χ1n) is 7.21. The highest BCUT2D eigenvalue weighted by atomic mass is 16.3. The summed E-state index contributed by atoms with van der Waals surface area (Å²) in [7, 11) is 4.02. The number of aliphatic hydroxyl groups is 1. The number of hydrogen-bond acceptors (Lipinski definition) is 3. The largest absolute Gasteiger partial charge is 0.385 e. The Morgan fingerprint density at radius 1 is 1.40 bits per heavy atom. The van der Waals surface area contributed by atoms with Gasteiger partial charge in [0.15, 0.2) is 0 Å². The van der Waals surface area contributed by atoms with Crippen LogP contribution in [0.4, 0.5) is 0 Å². The molecule has 110 valence electrons. The van der Waals surface area contributed by atoms with E-state index in [0.29, 0.717) is 17.5 Å². The minimum atomic E-state index is -0.950. The summed E-state index contributed by atoms with van der Waals surface area (Å²) in [4.78, 5) is 13.7. The molecule has 1 aromatic carbocycles. The third-order valence-corrected chi connectivity index (χ3v) is 4.28. The Morgan fingerprint density at radius 3 is 2.75 bits per heavy atom. The molecule has 1 aromatic rings. The van der Waals surface area contributed by atoms with Crippen molar-refractivity contribution in [3.63, 3.8) is 0 Å². The van der Waals surface area contributed by atoms with E-state index in [1.807, 2.05) is 26.2 Å². The molecule has 1 fully saturated rings. The Hall–Kier alpha value is -1.39. The highest BCUT2D eigenvalue weighted by Gasteiger charge is 2.42. The van der Waals surface area contributed by atoms with Gasteiger partial charge in [-0.05, 0) is 38.6 Å². The molecule has 20 heavy (non-hydrogen) atoms. The Balaban J connectivity index is 2.43. The van der Waals surface area contributed by atoms with Gasteiger partial charge in [0.25, 0.3) is 0 Å². The quantitative estimate of drug-likeness (QED) is 0.880. The van der Waals surface area contributed by atoms with Gasteiger partial charge in [-0.2, -0.15) is 0 Å². The van der Waals surface area contributed by atoms with Gasteiger partial charge >= 0.3 is 0 Å². The molecule has 0 saturated heterocycles. The zero-order valence-corrected chi connectivity index (χ0v) is 12.3. The van der Waals surface area contributed by atoms with E-state index in [0.717, 1.165) is 25.8 Å². The second kappa shape index (κ2) is 5.94. The summed E-state index contributed by atoms with van der Waals surface area (Å²) >= 11 is 0. The number of amides is 1. The SMILES string of the molecule is CN(C)C[C@@H]1CCCC[C@@]1(O)c1ccccc1C(N)=O. The molecule has 3 N–H and O–H groups in total. The number of nitrogens with two attached hydrogens (primary N) is 1. The number of benzene rings is 1. The first kappa shape index (κ1) is 15.0. The van der Waals surface area contributed by atoms with Crippen molar-refractivity contribution in [1.29, 1.82) is 0 Å². The molecule has 0 heterocycles. The van der Waals surface area contributed by atoms with Gasteiger partial charge in [0.1, 0.15) is 0 Å². The maximum Gasteiger partial charge on any atom is 0.249 e. The minimum absolute atomic E-state index is 0.131. The minimum Gasteiger partial charge on any atom is -0.385 e. The van der Waals surface area contributed by atoms with Crippen molar-refractivity contribution >= 4 is 5.91 Å². The second-order valence-corrected chi connectivity index (χ2v) is 6.04. The Bertz CT molecular complexity index is 487. The van der Waals surface area contributed by atoms with Gasteiger partial charge in [0.2, 0.25) is 5.91 Å². The smallest absolute Gasteiger partial charge is 0.249 e. The number of rotatable bonds is 4. The van der Waals surface area contributed by atoms with Crippen molar-refractivity contribution in [3.8, 4) is 0 Å². The van der Waals surface area contributed by atoms with E-state index in [1.54, 1.807) is 12.1 Å². The molecule has 0 aromatic heterocycles. The molecular formula is C16H24N2O2. The van der Waals surface area contributed by atoms with Crippen LogP contribution in [-0.4, -0.2) is 36.6 Å². The van der Waals surface area contributed by atoms with E-state index in [9.17, 15) is 9.90 Å². The summed E-state index contributed by atoms with van der Waals surface area (Å²) in [6.45, 7) is 0.809. The fraction of sp³-hybridized carbons (Fsp3) is 0.562. The highest BCUT2D eigenvalue weighted by Crippen LogP contribution is 2.43. The maximum atomic E-state index is 11.6. The Morgan fingerprint density at radius 2 is 2.10 bits per heavy atom. The highest BCUT2D eigenvalue weighted by molar-refractivity contribution is 5.94. The molecule has 0 aliphatic heterocycles. The van der Waals surface area contributed by atoms with Crippen LogP contribution in [0.15, 0.2) is 24.3 Å². The van der Waals surface area contributed by atoms with E-state index >= 15 is 0 Å². The van der Waals surface area contributed by atoms with E-state index in [-0.39, 0.29) is 5.92 Å². The molecule has 1 aliphatic carbocycles. The number of primary amides is 1. The maximum absolute atomic E-state index is 11.6.